The predicted octanol–water partition coefficient (Wildman–Crippen LogP) is 5.24. The summed E-state index contributed by atoms with van der Waals surface area (Å²) in [5.74, 6) is 0. The smallest absolute Gasteiger partial charge is 0.418 e. The van der Waals surface area contributed by atoms with Crippen molar-refractivity contribution in [2.24, 2.45) is 0 Å². The number of halogens is 4. The van der Waals surface area contributed by atoms with Gasteiger partial charge in [0.15, 0.2) is 0 Å². The van der Waals surface area contributed by atoms with Crippen LogP contribution in [0.15, 0.2) is 99.9 Å². The summed E-state index contributed by atoms with van der Waals surface area (Å²) in [4.78, 5) is 0. The first-order valence-electron chi connectivity index (χ1n) is 9.66. The minimum atomic E-state index is -6.00. The van der Waals surface area contributed by atoms with Crippen molar-refractivity contribution in [3.05, 3.63) is 99.9 Å². The average molecular weight is 574 g/mol. The Morgan fingerprint density at radius 2 is 0.839 bits per heavy atom. The first kappa shape index (κ1) is 24.3. The number of hydrogen-bond donors (Lipinski definition) is 0. The normalized spacial score (nSPS) is 14.9. The zero-order valence-electron chi connectivity index (χ0n) is 17.1. The van der Waals surface area contributed by atoms with Crippen LogP contribution in [0.5, 0.6) is 0 Å². The Morgan fingerprint density at radius 3 is 1.10 bits per heavy atom. The van der Waals surface area contributed by atoms with Gasteiger partial charge in [-0.15, -0.1) is 0 Å². The standard InChI is InChI=1S/C23H22PSe2.BF4/c1-18-19(2)26-23(25-18)24(20-12-6-3-7-13-20,21-14-8-4-9-15-21)22-16-10-5-11-17-22;2-1(3,4)5/h3-17,23H,1-2H3;/q+1;-1. The fourth-order valence-corrected chi connectivity index (χ4v) is 22.3. The molecule has 0 aliphatic carbocycles. The van der Waals surface area contributed by atoms with Crippen molar-refractivity contribution >= 4 is 60.3 Å². The van der Waals surface area contributed by atoms with E-state index < -0.39 is 14.5 Å². The Kier molecular flexibility index (Phi) is 8.24. The van der Waals surface area contributed by atoms with Crippen molar-refractivity contribution < 1.29 is 17.3 Å². The largest absolute Gasteiger partial charge is 0.673 e. The molecule has 0 aromatic heterocycles. The molecule has 1 heterocycles. The number of hydrogen-bond acceptors (Lipinski definition) is 0. The molecule has 4 rings (SSSR count). The second-order valence-electron chi connectivity index (χ2n) is 6.88. The van der Waals surface area contributed by atoms with Crippen molar-refractivity contribution in [1.29, 1.82) is 0 Å². The average Bonchev–Trinajstić information content (AvgIpc) is 3.08. The maximum absolute atomic E-state index is 9.75. The van der Waals surface area contributed by atoms with Crippen molar-refractivity contribution in [2.75, 3.05) is 0 Å². The second kappa shape index (κ2) is 10.5. The molecule has 0 spiro atoms. The van der Waals surface area contributed by atoms with Crippen LogP contribution < -0.4 is 15.9 Å². The molecule has 0 saturated carbocycles. The van der Waals surface area contributed by atoms with Crippen molar-refractivity contribution in [1.82, 2.24) is 0 Å². The summed E-state index contributed by atoms with van der Waals surface area (Å²) in [6.45, 7) is 4.74. The molecule has 8 heteroatoms. The van der Waals surface area contributed by atoms with E-state index >= 15 is 0 Å². The Hall–Kier alpha value is -1.35. The first-order chi connectivity index (χ1) is 14.7. The van der Waals surface area contributed by atoms with Crippen LogP contribution in [0.25, 0.3) is 0 Å². The zero-order valence-corrected chi connectivity index (χ0v) is 21.4. The van der Waals surface area contributed by atoms with Gasteiger partial charge in [-0.1, -0.05) is 0 Å². The van der Waals surface area contributed by atoms with Gasteiger partial charge in [-0.05, 0) is 0 Å². The molecule has 1 aliphatic rings. The minimum Gasteiger partial charge on any atom is -0.418 e. The molecule has 0 fully saturated rings. The van der Waals surface area contributed by atoms with Gasteiger partial charge in [0, 0.05) is 0 Å². The van der Waals surface area contributed by atoms with E-state index in [4.69, 9.17) is 0 Å². The SMILES string of the molecule is CC1=C(C)[Se]C([P+](c2ccccc2)(c2ccccc2)c2ccccc2)[Se]1.F[B-](F)(F)F. The van der Waals surface area contributed by atoms with Gasteiger partial charge in [0.2, 0.25) is 0 Å². The van der Waals surface area contributed by atoms with Crippen molar-refractivity contribution in [3.8, 4) is 0 Å². The van der Waals surface area contributed by atoms with Crippen molar-refractivity contribution in [3.63, 3.8) is 0 Å². The monoisotopic (exact) mass is 576 g/mol. The van der Waals surface area contributed by atoms with Gasteiger partial charge in [-0.25, -0.2) is 0 Å². The van der Waals surface area contributed by atoms with E-state index in [0.717, 1.165) is 3.46 Å². The van der Waals surface area contributed by atoms with Crippen LogP contribution in [-0.4, -0.2) is 40.6 Å². The van der Waals surface area contributed by atoms with Crippen LogP contribution in [0.4, 0.5) is 17.3 Å². The number of rotatable bonds is 4. The molecule has 3 aromatic carbocycles. The van der Waals surface area contributed by atoms with E-state index in [0.29, 0.717) is 29.9 Å². The molecule has 0 N–H and O–H groups in total. The van der Waals surface area contributed by atoms with Gasteiger partial charge in [0.25, 0.3) is 0 Å². The fourth-order valence-electron chi connectivity index (χ4n) is 3.45. The Bertz CT molecular complexity index is 895. The van der Waals surface area contributed by atoms with E-state index in [1.807, 2.05) is 0 Å². The summed E-state index contributed by atoms with van der Waals surface area (Å²) < 4.78 is 43.1. The van der Waals surface area contributed by atoms with E-state index in [-0.39, 0.29) is 0 Å². The van der Waals surface area contributed by atoms with Gasteiger partial charge in [0.05, 0.1) is 0 Å². The predicted molar refractivity (Wildman–Crippen MR) is 129 cm³/mol. The molecule has 31 heavy (non-hydrogen) atoms. The van der Waals surface area contributed by atoms with E-state index in [2.05, 4.69) is 105 Å². The van der Waals surface area contributed by atoms with Gasteiger partial charge >= 0.3 is 178 Å². The Balaban J connectivity index is 0.000000491. The second-order valence-corrected chi connectivity index (χ2v) is 19.0. The molecule has 3 aromatic rings. The maximum Gasteiger partial charge on any atom is 0.673 e. The van der Waals surface area contributed by atoms with Gasteiger partial charge in [-0.3, -0.25) is 0 Å². The van der Waals surface area contributed by atoms with Gasteiger partial charge in [-0.2, -0.15) is 0 Å². The van der Waals surface area contributed by atoms with Crippen LogP contribution in [0.1, 0.15) is 13.8 Å². The molecular formula is C23H22BF4PSe2. The molecule has 1 aliphatic heterocycles. The third-order valence-electron chi connectivity index (χ3n) is 4.86. The fraction of sp³-hybridized carbons (Fsp3) is 0.130. The summed E-state index contributed by atoms with van der Waals surface area (Å²) in [7, 11) is -7.66. The summed E-state index contributed by atoms with van der Waals surface area (Å²) in [5.41, 5.74) is 0. The number of benzene rings is 3. The van der Waals surface area contributed by atoms with Crippen LogP contribution in [0, 0.1) is 0 Å². The van der Waals surface area contributed by atoms with Crippen molar-refractivity contribution in [2.45, 2.75) is 17.3 Å². The molecule has 0 amide bonds. The summed E-state index contributed by atoms with van der Waals surface area (Å²) >= 11 is 1.14. The van der Waals surface area contributed by atoms with Crippen LogP contribution >= 0.6 is 7.26 Å². The molecule has 162 valence electrons. The van der Waals surface area contributed by atoms with E-state index in [9.17, 15) is 17.3 Å². The minimum absolute atomic E-state index is 0.569. The van der Waals surface area contributed by atoms with Crippen LogP contribution in [0.2, 0.25) is 0 Å². The van der Waals surface area contributed by atoms with Crippen LogP contribution in [-0.2, 0) is 0 Å². The molecule has 0 nitrogen and oxygen atoms in total. The molecule has 0 bridgehead atoms. The number of allylic oxidation sites excluding steroid dienone is 2. The molecule has 0 saturated heterocycles. The molecular weight excluding hydrogens is 552 g/mol. The molecule has 0 unspecified atom stereocenters. The summed E-state index contributed by atoms with van der Waals surface area (Å²) in [6, 6.07) is 34.0. The summed E-state index contributed by atoms with van der Waals surface area (Å²) in [6.07, 6.45) is 0. The van der Waals surface area contributed by atoms with E-state index in [1.54, 1.807) is 8.94 Å². The Labute approximate surface area is 194 Å². The molecule has 0 radical (unpaired) electrons. The summed E-state index contributed by atoms with van der Waals surface area (Å²) in [5, 5.41) is 4.61. The Morgan fingerprint density at radius 1 is 0.581 bits per heavy atom. The maximum atomic E-state index is 9.75. The first-order valence-corrected chi connectivity index (χ1v) is 15.2. The van der Waals surface area contributed by atoms with E-state index in [1.165, 1.54) is 15.9 Å². The topological polar surface area (TPSA) is 0 Å². The van der Waals surface area contributed by atoms with Gasteiger partial charge in [0.1, 0.15) is 0 Å². The molecule has 0 atom stereocenters. The van der Waals surface area contributed by atoms with Crippen LogP contribution in [0.3, 0.4) is 0 Å². The zero-order chi connectivity index (χ0) is 22.5. The third-order valence-corrected chi connectivity index (χ3v) is 20.3. The third kappa shape index (κ3) is 5.92. The quantitative estimate of drug-likeness (QED) is 0.228. The van der Waals surface area contributed by atoms with Gasteiger partial charge < -0.3 is 17.3 Å².